The number of hydrogen-bond donors (Lipinski definition) is 1. The Labute approximate surface area is 213 Å². The van der Waals surface area contributed by atoms with Crippen molar-refractivity contribution in [2.45, 2.75) is 65.0 Å². The minimum Gasteiger partial charge on any atom is -0.496 e. The van der Waals surface area contributed by atoms with Gasteiger partial charge in [-0.25, -0.2) is 4.39 Å². The Hall–Kier alpha value is -2.93. The van der Waals surface area contributed by atoms with Crippen LogP contribution in [0.3, 0.4) is 0 Å². The highest BCUT2D eigenvalue weighted by atomic mass is 19.1. The molecule has 4 rings (SSSR count). The highest BCUT2D eigenvalue weighted by Crippen LogP contribution is 2.29. The molecule has 0 radical (unpaired) electrons. The van der Waals surface area contributed by atoms with Gasteiger partial charge in [0.2, 0.25) is 11.8 Å². The summed E-state index contributed by atoms with van der Waals surface area (Å²) < 4.78 is 19.9. The van der Waals surface area contributed by atoms with Crippen LogP contribution in [-0.2, 0) is 22.6 Å². The normalized spacial score (nSPS) is 18.9. The third-order valence-electron chi connectivity index (χ3n) is 7.66. The second kappa shape index (κ2) is 11.9. The number of nitrogens with zero attached hydrogens (tertiary/aromatic N) is 2. The summed E-state index contributed by atoms with van der Waals surface area (Å²) in [6.07, 6.45) is 5.16. The summed E-state index contributed by atoms with van der Waals surface area (Å²) in [7, 11) is 1.62. The molecule has 0 bridgehead atoms. The molecular weight excluding hydrogens is 457 g/mol. The van der Waals surface area contributed by atoms with Crippen LogP contribution in [0.1, 0.15) is 55.7 Å². The van der Waals surface area contributed by atoms with Gasteiger partial charge in [0, 0.05) is 50.2 Å². The highest BCUT2D eigenvalue weighted by Gasteiger charge is 2.33. The second-order valence-electron chi connectivity index (χ2n) is 10.2. The third kappa shape index (κ3) is 6.25. The molecule has 1 saturated carbocycles. The second-order valence-corrected chi connectivity index (χ2v) is 10.2. The molecule has 7 heteroatoms. The maximum atomic E-state index is 14.5. The molecule has 0 spiro atoms. The van der Waals surface area contributed by atoms with Gasteiger partial charge in [0.1, 0.15) is 11.6 Å². The van der Waals surface area contributed by atoms with Crippen molar-refractivity contribution in [1.82, 2.24) is 9.80 Å². The summed E-state index contributed by atoms with van der Waals surface area (Å²) in [6.45, 7) is 6.84. The molecule has 2 aromatic rings. The van der Waals surface area contributed by atoms with Crippen molar-refractivity contribution in [2.24, 2.45) is 5.92 Å². The number of para-hydroxylation sites is 1. The lowest BCUT2D eigenvalue weighted by Gasteiger charge is -2.41. The summed E-state index contributed by atoms with van der Waals surface area (Å²) in [4.78, 5) is 29.9. The molecular formula is C29H38FN3O3. The van der Waals surface area contributed by atoms with Crippen LogP contribution in [0.2, 0.25) is 0 Å². The number of nitrogens with one attached hydrogen (secondary N) is 1. The van der Waals surface area contributed by atoms with Crippen molar-refractivity contribution in [3.8, 4) is 5.75 Å². The van der Waals surface area contributed by atoms with Crippen LogP contribution in [0.4, 0.5) is 10.1 Å². The molecule has 6 nitrogen and oxygen atoms in total. The maximum Gasteiger partial charge on any atom is 0.226 e. The molecule has 0 unspecified atom stereocenters. The van der Waals surface area contributed by atoms with Crippen LogP contribution in [0, 0.1) is 18.7 Å². The van der Waals surface area contributed by atoms with E-state index in [1.54, 1.807) is 13.2 Å². The first kappa shape index (κ1) is 26.1. The largest absolute Gasteiger partial charge is 0.496 e. The van der Waals surface area contributed by atoms with E-state index in [2.05, 4.69) is 17.1 Å². The monoisotopic (exact) mass is 495 g/mol. The number of piperazine rings is 1. The molecule has 2 aromatic carbocycles. The number of amides is 2. The number of carbonyl (C=O) groups is 2. The van der Waals surface area contributed by atoms with E-state index < -0.39 is 0 Å². The van der Waals surface area contributed by atoms with E-state index in [-0.39, 0.29) is 30.1 Å². The first-order valence-corrected chi connectivity index (χ1v) is 13.1. The molecule has 1 heterocycles. The SMILES string of the molecule is COc1ccccc1CCC(=O)Nc1cc(F)cc(CN2CCN(C(=O)C3CCCC3)[C@@H](C)C2)c1C. The lowest BCUT2D eigenvalue weighted by atomic mass is 10.0. The standard InChI is InChI=1S/C29H38FN3O3/c1-20-18-32(14-15-33(20)29(35)23-9-4-5-10-23)19-24-16-25(30)17-26(21(24)2)31-28(34)13-12-22-8-6-7-11-27(22)36-3/h6-8,11,16-17,20,23H,4-5,9-10,12-15,18-19H2,1-3H3,(H,31,34)/t20-/m0/s1. The molecule has 1 atom stereocenters. The molecule has 2 aliphatic rings. The smallest absolute Gasteiger partial charge is 0.226 e. The van der Waals surface area contributed by atoms with Crippen LogP contribution in [-0.4, -0.2) is 54.4 Å². The van der Waals surface area contributed by atoms with Crippen LogP contribution in [0.15, 0.2) is 36.4 Å². The molecule has 1 N–H and O–H groups in total. The van der Waals surface area contributed by atoms with Crippen LogP contribution in [0.5, 0.6) is 5.75 Å². The Morgan fingerprint density at radius 2 is 1.86 bits per heavy atom. The molecule has 1 aliphatic heterocycles. The van der Waals surface area contributed by atoms with Crippen LogP contribution < -0.4 is 10.1 Å². The summed E-state index contributed by atoms with van der Waals surface area (Å²) in [5.74, 6) is 0.735. The fraction of sp³-hybridized carbons (Fsp3) is 0.517. The van der Waals surface area contributed by atoms with Crippen molar-refractivity contribution in [2.75, 3.05) is 32.1 Å². The lowest BCUT2D eigenvalue weighted by molar-refractivity contribution is -0.140. The van der Waals surface area contributed by atoms with Gasteiger partial charge >= 0.3 is 0 Å². The summed E-state index contributed by atoms with van der Waals surface area (Å²) in [5, 5.41) is 2.91. The zero-order valence-electron chi connectivity index (χ0n) is 21.7. The summed E-state index contributed by atoms with van der Waals surface area (Å²) in [6, 6.07) is 10.7. The number of rotatable bonds is 8. The number of carbonyl (C=O) groups excluding carboxylic acids is 2. The van der Waals surface area contributed by atoms with Gasteiger partial charge in [0.15, 0.2) is 0 Å². The predicted octanol–water partition coefficient (Wildman–Crippen LogP) is 4.94. The Kier molecular flexibility index (Phi) is 8.62. The lowest BCUT2D eigenvalue weighted by Crippen LogP contribution is -2.54. The molecule has 2 fully saturated rings. The van der Waals surface area contributed by atoms with Gasteiger partial charge in [-0.05, 0) is 68.0 Å². The first-order chi connectivity index (χ1) is 17.4. The Morgan fingerprint density at radius 1 is 1.11 bits per heavy atom. The van der Waals surface area contributed by atoms with Crippen molar-refractivity contribution >= 4 is 17.5 Å². The molecule has 0 aromatic heterocycles. The van der Waals surface area contributed by atoms with Crippen molar-refractivity contribution in [3.05, 3.63) is 58.9 Å². The van der Waals surface area contributed by atoms with E-state index >= 15 is 0 Å². The summed E-state index contributed by atoms with van der Waals surface area (Å²) >= 11 is 0. The average Bonchev–Trinajstić information content (AvgIpc) is 3.40. The zero-order chi connectivity index (χ0) is 25.7. The van der Waals surface area contributed by atoms with Gasteiger partial charge in [0.05, 0.1) is 7.11 Å². The highest BCUT2D eigenvalue weighted by molar-refractivity contribution is 5.91. The fourth-order valence-corrected chi connectivity index (χ4v) is 5.55. The number of halogens is 1. The van der Waals surface area contributed by atoms with Crippen molar-refractivity contribution in [1.29, 1.82) is 0 Å². The Bertz CT molecular complexity index is 1080. The van der Waals surface area contributed by atoms with Gasteiger partial charge < -0.3 is 15.0 Å². The molecule has 1 aliphatic carbocycles. The Morgan fingerprint density at radius 3 is 2.58 bits per heavy atom. The Balaban J connectivity index is 1.36. The maximum absolute atomic E-state index is 14.5. The van der Waals surface area contributed by atoms with Gasteiger partial charge in [0.25, 0.3) is 0 Å². The fourth-order valence-electron chi connectivity index (χ4n) is 5.55. The zero-order valence-corrected chi connectivity index (χ0v) is 21.7. The number of benzene rings is 2. The number of hydrogen-bond acceptors (Lipinski definition) is 4. The van der Waals surface area contributed by atoms with Crippen molar-refractivity contribution < 1.29 is 18.7 Å². The molecule has 36 heavy (non-hydrogen) atoms. The van der Waals surface area contributed by atoms with Gasteiger partial charge in [-0.3, -0.25) is 14.5 Å². The van der Waals surface area contributed by atoms with E-state index in [0.717, 1.165) is 61.2 Å². The number of anilines is 1. The predicted molar refractivity (Wildman–Crippen MR) is 139 cm³/mol. The topological polar surface area (TPSA) is 61.9 Å². The van der Waals surface area contributed by atoms with Gasteiger partial charge in [-0.2, -0.15) is 0 Å². The van der Waals surface area contributed by atoms with Crippen LogP contribution >= 0.6 is 0 Å². The van der Waals surface area contributed by atoms with E-state index in [1.807, 2.05) is 36.1 Å². The average molecular weight is 496 g/mol. The first-order valence-electron chi connectivity index (χ1n) is 13.1. The summed E-state index contributed by atoms with van der Waals surface area (Å²) in [5.41, 5.74) is 3.21. The van der Waals surface area contributed by atoms with Crippen LogP contribution in [0.25, 0.3) is 0 Å². The number of methoxy groups -OCH3 is 1. The number of aryl methyl sites for hydroxylation is 1. The van der Waals surface area contributed by atoms with Gasteiger partial charge in [-0.15, -0.1) is 0 Å². The molecule has 1 saturated heterocycles. The molecule has 194 valence electrons. The number of ether oxygens (including phenoxy) is 1. The van der Waals surface area contributed by atoms with E-state index in [1.165, 1.54) is 6.07 Å². The van der Waals surface area contributed by atoms with Gasteiger partial charge in [-0.1, -0.05) is 31.0 Å². The van der Waals surface area contributed by atoms with E-state index in [9.17, 15) is 14.0 Å². The quantitative estimate of drug-likeness (QED) is 0.564. The minimum atomic E-state index is -0.362. The van der Waals surface area contributed by atoms with Crippen molar-refractivity contribution in [3.63, 3.8) is 0 Å². The van der Waals surface area contributed by atoms with E-state index in [4.69, 9.17) is 4.74 Å². The molecule has 2 amide bonds. The minimum absolute atomic E-state index is 0.134. The van der Waals surface area contributed by atoms with E-state index in [0.29, 0.717) is 31.1 Å². The third-order valence-corrected chi connectivity index (χ3v) is 7.66.